The van der Waals surface area contributed by atoms with Crippen molar-refractivity contribution in [3.63, 3.8) is 0 Å². The van der Waals surface area contributed by atoms with Crippen molar-refractivity contribution in [2.75, 3.05) is 41.0 Å². The van der Waals surface area contributed by atoms with E-state index < -0.39 is 5.41 Å². The zero-order chi connectivity index (χ0) is 28.0. The quantitative estimate of drug-likeness (QED) is 0.239. The van der Waals surface area contributed by atoms with E-state index in [2.05, 4.69) is 44.0 Å². The van der Waals surface area contributed by atoms with Gasteiger partial charge in [0, 0.05) is 23.1 Å². The fraction of sp³-hybridized carbons (Fsp3) is 0.533. The summed E-state index contributed by atoms with van der Waals surface area (Å²) in [5, 5.41) is 19.1. The molecule has 39 heavy (non-hydrogen) atoms. The lowest BCUT2D eigenvalue weighted by molar-refractivity contribution is 0.203. The zero-order valence-electron chi connectivity index (χ0n) is 23.3. The van der Waals surface area contributed by atoms with Crippen molar-refractivity contribution in [2.24, 2.45) is 0 Å². The third-order valence-corrected chi connectivity index (χ3v) is 8.86. The number of benzene rings is 2. The van der Waals surface area contributed by atoms with Crippen molar-refractivity contribution in [1.82, 2.24) is 15.1 Å². The Morgan fingerprint density at radius 2 is 1.82 bits per heavy atom. The fourth-order valence-electron chi connectivity index (χ4n) is 5.88. The number of aromatic nitrogens is 2. The number of likely N-dealkylation sites (tertiary alicyclic amines) is 1. The number of aromatic amines is 1. The molecular weight excluding hydrogens is 563 g/mol. The molecule has 210 valence electrons. The first kappa shape index (κ1) is 29.2. The van der Waals surface area contributed by atoms with Gasteiger partial charge in [-0.2, -0.15) is 10.4 Å². The number of H-pyrrole nitrogens is 1. The largest absolute Gasteiger partial charge is 0.493 e. The van der Waals surface area contributed by atoms with Crippen LogP contribution in [0.15, 0.2) is 28.7 Å². The minimum absolute atomic E-state index is 0.263. The lowest BCUT2D eigenvalue weighted by atomic mass is 9.74. The number of methoxy groups -OCH3 is 3. The van der Waals surface area contributed by atoms with Crippen molar-refractivity contribution < 1.29 is 18.6 Å². The van der Waals surface area contributed by atoms with E-state index in [9.17, 15) is 9.65 Å². The molecule has 0 aliphatic carbocycles. The van der Waals surface area contributed by atoms with E-state index in [4.69, 9.17) is 14.2 Å². The van der Waals surface area contributed by atoms with E-state index in [-0.39, 0.29) is 5.82 Å². The van der Waals surface area contributed by atoms with Crippen LogP contribution in [0.2, 0.25) is 0 Å². The number of nitrogens with one attached hydrogen (secondary N) is 1. The Balaban J connectivity index is 1.46. The third kappa shape index (κ3) is 6.02. The van der Waals surface area contributed by atoms with Crippen LogP contribution in [-0.2, 0) is 5.41 Å². The minimum atomic E-state index is -0.676. The predicted octanol–water partition coefficient (Wildman–Crippen LogP) is 7.10. The molecule has 1 aliphatic heterocycles. The lowest BCUT2D eigenvalue weighted by Crippen LogP contribution is -2.35. The Labute approximate surface area is 238 Å². The van der Waals surface area contributed by atoms with Gasteiger partial charge >= 0.3 is 0 Å². The molecule has 2 aromatic carbocycles. The summed E-state index contributed by atoms with van der Waals surface area (Å²) < 4.78 is 31.2. The average Bonchev–Trinajstić information content (AvgIpc) is 3.38. The van der Waals surface area contributed by atoms with Gasteiger partial charge < -0.3 is 19.1 Å². The number of rotatable bonds is 12. The lowest BCUT2D eigenvalue weighted by Gasteiger charge is -2.34. The second-order valence-electron chi connectivity index (χ2n) is 10.3. The highest BCUT2D eigenvalue weighted by molar-refractivity contribution is 9.10. The van der Waals surface area contributed by atoms with Crippen LogP contribution in [0.5, 0.6) is 17.2 Å². The predicted molar refractivity (Wildman–Crippen MR) is 154 cm³/mol. The Hall–Kier alpha value is -2.83. The van der Waals surface area contributed by atoms with Crippen LogP contribution in [0.1, 0.15) is 69.0 Å². The maximum atomic E-state index is 13.6. The highest BCUT2D eigenvalue weighted by Crippen LogP contribution is 2.50. The third-order valence-electron chi connectivity index (χ3n) is 8.08. The topological polar surface area (TPSA) is 83.4 Å². The van der Waals surface area contributed by atoms with Crippen molar-refractivity contribution in [3.8, 4) is 23.3 Å². The van der Waals surface area contributed by atoms with E-state index in [1.807, 2.05) is 12.1 Å². The fourth-order valence-corrected chi connectivity index (χ4v) is 6.72. The molecule has 0 bridgehead atoms. The Kier molecular flexibility index (Phi) is 9.73. The molecular formula is C30H38BrFN4O3. The van der Waals surface area contributed by atoms with Gasteiger partial charge in [0.2, 0.25) is 5.75 Å². The van der Waals surface area contributed by atoms with Gasteiger partial charge in [-0.3, -0.25) is 5.10 Å². The maximum Gasteiger partial charge on any atom is 0.204 e. The van der Waals surface area contributed by atoms with E-state index in [1.54, 1.807) is 21.3 Å². The van der Waals surface area contributed by atoms with Gasteiger partial charge in [0.25, 0.3) is 0 Å². The van der Waals surface area contributed by atoms with E-state index in [1.165, 1.54) is 12.1 Å². The molecule has 1 saturated heterocycles. The van der Waals surface area contributed by atoms with Gasteiger partial charge in [0.15, 0.2) is 11.5 Å². The van der Waals surface area contributed by atoms with E-state index >= 15 is 0 Å². The summed E-state index contributed by atoms with van der Waals surface area (Å²) in [5.41, 5.74) is 2.00. The number of ether oxygens (including phenoxy) is 3. The van der Waals surface area contributed by atoms with Crippen LogP contribution < -0.4 is 14.2 Å². The molecule has 0 spiro atoms. The monoisotopic (exact) mass is 600 g/mol. The Morgan fingerprint density at radius 3 is 2.46 bits per heavy atom. The molecule has 3 aromatic rings. The molecule has 1 aliphatic rings. The smallest absolute Gasteiger partial charge is 0.204 e. The average molecular weight is 602 g/mol. The molecule has 1 N–H and O–H groups in total. The first-order chi connectivity index (χ1) is 18.9. The second kappa shape index (κ2) is 13.0. The molecule has 9 heteroatoms. The molecule has 7 nitrogen and oxygen atoms in total. The van der Waals surface area contributed by atoms with Gasteiger partial charge in [-0.15, -0.1) is 0 Å². The molecule has 1 atom stereocenters. The number of hydrogen-bond donors (Lipinski definition) is 1. The molecule has 2 heterocycles. The minimum Gasteiger partial charge on any atom is -0.493 e. The van der Waals surface area contributed by atoms with Gasteiger partial charge in [0.05, 0.1) is 42.8 Å². The first-order valence-electron chi connectivity index (χ1n) is 13.7. The first-order valence-corrected chi connectivity index (χ1v) is 14.5. The van der Waals surface area contributed by atoms with Crippen molar-refractivity contribution in [1.29, 1.82) is 5.26 Å². The highest BCUT2D eigenvalue weighted by Gasteiger charge is 2.37. The van der Waals surface area contributed by atoms with E-state index in [0.29, 0.717) is 28.7 Å². The zero-order valence-corrected chi connectivity index (χ0v) is 24.9. The highest BCUT2D eigenvalue weighted by atomic mass is 79.9. The number of halogens is 2. The summed E-state index contributed by atoms with van der Waals surface area (Å²) in [6.07, 6.45) is 6.39. The molecule has 1 fully saturated rings. The molecule has 0 saturated carbocycles. The Morgan fingerprint density at radius 1 is 1.10 bits per heavy atom. The summed E-state index contributed by atoms with van der Waals surface area (Å²) in [6.45, 7) is 5.04. The summed E-state index contributed by atoms with van der Waals surface area (Å²) in [6, 6.07) is 9.43. The van der Waals surface area contributed by atoms with E-state index in [0.717, 1.165) is 85.7 Å². The molecule has 1 aromatic heterocycles. The summed E-state index contributed by atoms with van der Waals surface area (Å²) in [7, 11) is 4.78. The van der Waals surface area contributed by atoms with Crippen molar-refractivity contribution in [3.05, 3.63) is 45.8 Å². The number of fused-ring (bicyclic) bond motifs is 1. The second-order valence-corrected chi connectivity index (χ2v) is 11.1. The molecule has 4 rings (SSSR count). The Bertz CT molecular complexity index is 1320. The van der Waals surface area contributed by atoms with Crippen LogP contribution in [0.3, 0.4) is 0 Å². The normalized spacial score (nSPS) is 16.1. The van der Waals surface area contributed by atoms with Crippen molar-refractivity contribution in [2.45, 2.75) is 63.2 Å². The molecule has 0 radical (unpaired) electrons. The van der Waals surface area contributed by atoms with Crippen LogP contribution in [-0.4, -0.2) is 56.1 Å². The van der Waals surface area contributed by atoms with Gasteiger partial charge in [0.1, 0.15) is 5.82 Å². The maximum absolute atomic E-state index is 13.6. The molecule has 0 amide bonds. The summed E-state index contributed by atoms with van der Waals surface area (Å²) >= 11 is 3.73. The van der Waals surface area contributed by atoms with Gasteiger partial charge in [-0.1, -0.05) is 19.8 Å². The van der Waals surface area contributed by atoms with Crippen LogP contribution in [0, 0.1) is 17.1 Å². The number of nitrogens with zero attached hydrogens (tertiary/aromatic N) is 3. The van der Waals surface area contributed by atoms with Gasteiger partial charge in [-0.25, -0.2) is 4.39 Å². The number of hydrogen-bond acceptors (Lipinski definition) is 6. The summed E-state index contributed by atoms with van der Waals surface area (Å²) in [5.74, 6) is 1.73. The summed E-state index contributed by atoms with van der Waals surface area (Å²) in [4.78, 5) is 2.49. The number of piperidine rings is 1. The van der Waals surface area contributed by atoms with Crippen LogP contribution in [0.25, 0.3) is 10.9 Å². The SMILES string of the molecule is CCCCC(C#N)(CCCN1CCC(c2[nH]nc3cc(F)ccc23)CC1)c1cc(OC)c(OC)c(OC)c1Br. The van der Waals surface area contributed by atoms with Crippen LogP contribution >= 0.6 is 15.9 Å². The van der Waals surface area contributed by atoms with Gasteiger partial charge in [-0.05, 0) is 91.4 Å². The number of unbranched alkanes of at least 4 members (excludes halogenated alkanes) is 1. The van der Waals surface area contributed by atoms with Crippen LogP contribution in [0.4, 0.5) is 4.39 Å². The molecule has 1 unspecified atom stereocenters. The van der Waals surface area contributed by atoms with Crippen molar-refractivity contribution >= 4 is 26.8 Å². The standard InChI is InChI=1S/C30H38BrFN4O3/c1-5-6-12-30(19-33,23-18-25(37-2)28(38-3)29(39-4)26(23)31)13-7-14-36-15-10-20(11-16-36)27-22-9-8-21(32)17-24(22)34-35-27/h8-9,17-18,20H,5-7,10-16H2,1-4H3,(H,34,35). The number of nitriles is 1.